The lowest BCUT2D eigenvalue weighted by Gasteiger charge is -2.30. The van der Waals surface area contributed by atoms with Crippen molar-refractivity contribution in [3.8, 4) is 5.82 Å². The first-order valence-electron chi connectivity index (χ1n) is 6.76. The van der Waals surface area contributed by atoms with Gasteiger partial charge in [-0.3, -0.25) is 4.79 Å². The van der Waals surface area contributed by atoms with Crippen LogP contribution in [0.1, 0.15) is 23.3 Å². The molecule has 0 bridgehead atoms. The summed E-state index contributed by atoms with van der Waals surface area (Å²) >= 11 is 0. The summed E-state index contributed by atoms with van der Waals surface area (Å²) in [7, 11) is 0. The minimum absolute atomic E-state index is 0.0610. The van der Waals surface area contributed by atoms with Gasteiger partial charge in [0.2, 0.25) is 0 Å². The predicted octanol–water partition coefficient (Wildman–Crippen LogP) is 0.831. The summed E-state index contributed by atoms with van der Waals surface area (Å²) in [6.45, 7) is 1.35. The van der Waals surface area contributed by atoms with Crippen molar-refractivity contribution in [1.29, 1.82) is 0 Å². The van der Waals surface area contributed by atoms with Crippen LogP contribution in [0, 0.1) is 0 Å². The van der Waals surface area contributed by atoms with Gasteiger partial charge in [0.1, 0.15) is 5.69 Å². The van der Waals surface area contributed by atoms with Crippen LogP contribution in [0.15, 0.2) is 36.7 Å². The van der Waals surface area contributed by atoms with Crippen LogP contribution in [0.4, 0.5) is 0 Å². The number of carbonyl (C=O) groups is 1. The van der Waals surface area contributed by atoms with E-state index in [2.05, 4.69) is 10.1 Å². The molecule has 3 heterocycles. The Morgan fingerprint density at radius 3 is 3.00 bits per heavy atom. The second-order valence-corrected chi connectivity index (χ2v) is 4.99. The number of nitrogens with two attached hydrogens (primary N) is 1. The van der Waals surface area contributed by atoms with Crippen molar-refractivity contribution < 1.29 is 4.79 Å². The van der Waals surface area contributed by atoms with Gasteiger partial charge in [0.25, 0.3) is 5.91 Å². The molecule has 1 saturated heterocycles. The standard InChI is InChI=1S/C14H17N5O/c15-11-4-2-8-18(10-11)14(20)12-5-1-6-13(17-12)19-9-3-7-16-19/h1,3,5-7,9,11H,2,4,8,10,15H2/t11-/m1/s1. The van der Waals surface area contributed by atoms with Gasteiger partial charge in [0, 0.05) is 31.5 Å². The van der Waals surface area contributed by atoms with Crippen LogP contribution in [-0.2, 0) is 0 Å². The van der Waals surface area contributed by atoms with E-state index in [0.29, 0.717) is 18.1 Å². The fourth-order valence-electron chi connectivity index (χ4n) is 2.43. The lowest BCUT2D eigenvalue weighted by atomic mass is 10.1. The molecule has 0 radical (unpaired) electrons. The molecular weight excluding hydrogens is 254 g/mol. The van der Waals surface area contributed by atoms with Crippen molar-refractivity contribution in [1.82, 2.24) is 19.7 Å². The van der Waals surface area contributed by atoms with Gasteiger partial charge < -0.3 is 10.6 Å². The summed E-state index contributed by atoms with van der Waals surface area (Å²) in [6.07, 6.45) is 5.41. The highest BCUT2D eigenvalue weighted by Crippen LogP contribution is 2.13. The number of piperidine rings is 1. The molecule has 1 amide bonds. The maximum absolute atomic E-state index is 12.4. The number of hydrogen-bond acceptors (Lipinski definition) is 4. The Balaban J connectivity index is 1.83. The number of carbonyl (C=O) groups excluding carboxylic acids is 1. The van der Waals surface area contributed by atoms with Crippen molar-refractivity contribution in [3.05, 3.63) is 42.4 Å². The molecule has 1 aliphatic rings. The third kappa shape index (κ3) is 2.55. The minimum Gasteiger partial charge on any atom is -0.336 e. The summed E-state index contributed by atoms with van der Waals surface area (Å²) in [6, 6.07) is 7.27. The first kappa shape index (κ1) is 12.8. The van der Waals surface area contributed by atoms with E-state index >= 15 is 0 Å². The zero-order chi connectivity index (χ0) is 13.9. The minimum atomic E-state index is -0.0610. The number of hydrogen-bond donors (Lipinski definition) is 1. The van der Waals surface area contributed by atoms with Crippen LogP contribution in [-0.4, -0.2) is 44.7 Å². The topological polar surface area (TPSA) is 77.0 Å². The quantitative estimate of drug-likeness (QED) is 0.877. The molecule has 1 fully saturated rings. The van der Waals surface area contributed by atoms with Crippen LogP contribution in [0.2, 0.25) is 0 Å². The molecule has 104 valence electrons. The van der Waals surface area contributed by atoms with E-state index in [0.717, 1.165) is 19.4 Å². The normalized spacial score (nSPS) is 19.1. The molecule has 6 heteroatoms. The second kappa shape index (κ2) is 5.42. The zero-order valence-corrected chi connectivity index (χ0v) is 11.1. The van der Waals surface area contributed by atoms with E-state index in [1.807, 2.05) is 18.2 Å². The maximum Gasteiger partial charge on any atom is 0.272 e. The van der Waals surface area contributed by atoms with E-state index in [9.17, 15) is 4.79 Å². The van der Waals surface area contributed by atoms with Crippen LogP contribution in [0.5, 0.6) is 0 Å². The number of nitrogens with zero attached hydrogens (tertiary/aromatic N) is 4. The molecule has 0 aromatic carbocycles. The highest BCUT2D eigenvalue weighted by atomic mass is 16.2. The SMILES string of the molecule is N[C@@H]1CCCN(C(=O)c2cccc(-n3cccn3)n2)C1. The summed E-state index contributed by atoms with van der Waals surface area (Å²) in [5.74, 6) is 0.580. The first-order valence-corrected chi connectivity index (χ1v) is 6.76. The van der Waals surface area contributed by atoms with Crippen molar-refractivity contribution in [2.24, 2.45) is 5.73 Å². The summed E-state index contributed by atoms with van der Waals surface area (Å²) < 4.78 is 1.64. The van der Waals surface area contributed by atoms with Crippen LogP contribution in [0.25, 0.3) is 5.82 Å². The summed E-state index contributed by atoms with van der Waals surface area (Å²) in [5.41, 5.74) is 6.36. The molecular formula is C14H17N5O. The third-order valence-corrected chi connectivity index (χ3v) is 3.44. The van der Waals surface area contributed by atoms with E-state index in [-0.39, 0.29) is 11.9 Å². The van der Waals surface area contributed by atoms with Gasteiger partial charge in [-0.05, 0) is 31.0 Å². The predicted molar refractivity (Wildman–Crippen MR) is 74.5 cm³/mol. The largest absolute Gasteiger partial charge is 0.336 e. The van der Waals surface area contributed by atoms with Gasteiger partial charge in [0.15, 0.2) is 5.82 Å². The summed E-state index contributed by atoms with van der Waals surface area (Å²) in [4.78, 5) is 18.6. The number of pyridine rings is 1. The van der Waals surface area contributed by atoms with Crippen LogP contribution >= 0.6 is 0 Å². The van der Waals surface area contributed by atoms with E-state index in [1.165, 1.54) is 0 Å². The van der Waals surface area contributed by atoms with Crippen molar-refractivity contribution in [2.75, 3.05) is 13.1 Å². The molecule has 0 unspecified atom stereocenters. The van der Waals surface area contributed by atoms with Gasteiger partial charge in [-0.15, -0.1) is 0 Å². The Labute approximate surface area is 117 Å². The first-order chi connectivity index (χ1) is 9.74. The molecule has 0 saturated carbocycles. The molecule has 1 atom stereocenters. The van der Waals surface area contributed by atoms with Gasteiger partial charge in [-0.2, -0.15) is 5.10 Å². The van der Waals surface area contributed by atoms with Crippen molar-refractivity contribution >= 4 is 5.91 Å². The zero-order valence-electron chi connectivity index (χ0n) is 11.1. The maximum atomic E-state index is 12.4. The highest BCUT2D eigenvalue weighted by Gasteiger charge is 2.23. The van der Waals surface area contributed by atoms with E-state index in [4.69, 9.17) is 5.73 Å². The lowest BCUT2D eigenvalue weighted by Crippen LogP contribution is -2.45. The summed E-state index contributed by atoms with van der Waals surface area (Å²) in [5, 5.41) is 4.12. The van der Waals surface area contributed by atoms with Gasteiger partial charge >= 0.3 is 0 Å². The van der Waals surface area contributed by atoms with Crippen LogP contribution < -0.4 is 5.73 Å². The van der Waals surface area contributed by atoms with Crippen molar-refractivity contribution in [3.63, 3.8) is 0 Å². The average Bonchev–Trinajstić information content (AvgIpc) is 3.01. The van der Waals surface area contributed by atoms with Gasteiger partial charge in [-0.1, -0.05) is 6.07 Å². The number of rotatable bonds is 2. The van der Waals surface area contributed by atoms with E-state index < -0.39 is 0 Å². The molecule has 2 aromatic rings. The van der Waals surface area contributed by atoms with Gasteiger partial charge in [-0.25, -0.2) is 9.67 Å². The highest BCUT2D eigenvalue weighted by molar-refractivity contribution is 5.92. The van der Waals surface area contributed by atoms with Gasteiger partial charge in [0.05, 0.1) is 0 Å². The molecule has 0 spiro atoms. The Morgan fingerprint density at radius 2 is 2.25 bits per heavy atom. The average molecular weight is 271 g/mol. The fraction of sp³-hybridized carbons (Fsp3) is 0.357. The Kier molecular flexibility index (Phi) is 3.47. The smallest absolute Gasteiger partial charge is 0.272 e. The molecule has 1 aliphatic heterocycles. The Bertz CT molecular complexity index is 595. The lowest BCUT2D eigenvalue weighted by molar-refractivity contribution is 0.0703. The number of aromatic nitrogens is 3. The van der Waals surface area contributed by atoms with E-state index in [1.54, 1.807) is 28.0 Å². The Hall–Kier alpha value is -2.21. The van der Waals surface area contributed by atoms with Crippen molar-refractivity contribution in [2.45, 2.75) is 18.9 Å². The number of likely N-dealkylation sites (tertiary alicyclic amines) is 1. The monoisotopic (exact) mass is 271 g/mol. The molecule has 20 heavy (non-hydrogen) atoms. The second-order valence-electron chi connectivity index (χ2n) is 4.99. The molecule has 2 aromatic heterocycles. The molecule has 6 nitrogen and oxygen atoms in total. The molecule has 0 aliphatic carbocycles. The third-order valence-electron chi connectivity index (χ3n) is 3.44. The molecule has 3 rings (SSSR count). The fourth-order valence-corrected chi connectivity index (χ4v) is 2.43. The van der Waals surface area contributed by atoms with Crippen LogP contribution in [0.3, 0.4) is 0 Å². The molecule has 2 N–H and O–H groups in total. The Morgan fingerprint density at radius 1 is 1.35 bits per heavy atom. The number of amides is 1.